The van der Waals surface area contributed by atoms with Crippen LogP contribution in [0.25, 0.3) is 0 Å². The van der Waals surface area contributed by atoms with E-state index in [0.29, 0.717) is 19.4 Å². The first-order valence-electron chi connectivity index (χ1n) is 12.3. The molecule has 0 fully saturated rings. The molecule has 0 unspecified atom stereocenters. The van der Waals surface area contributed by atoms with Gasteiger partial charge in [0.1, 0.15) is 18.1 Å². The maximum atomic E-state index is 13.2. The Kier molecular flexibility index (Phi) is 16.0. The van der Waals surface area contributed by atoms with Crippen LogP contribution < -0.4 is 21.3 Å². The Morgan fingerprint density at radius 2 is 1.46 bits per heavy atom. The second-order valence-corrected chi connectivity index (χ2v) is 9.27. The summed E-state index contributed by atoms with van der Waals surface area (Å²) in [6.07, 6.45) is 1.28. The third-order valence-electron chi connectivity index (χ3n) is 5.08. The summed E-state index contributed by atoms with van der Waals surface area (Å²) in [5.41, 5.74) is 6.75. The molecule has 0 spiro atoms. The lowest BCUT2D eigenvalue weighted by Crippen LogP contribution is -2.57. The van der Waals surface area contributed by atoms with Gasteiger partial charge < -0.3 is 26.0 Å². The normalized spacial score (nSPS) is 13.0. The smallest absolute Gasteiger partial charge is 0.372 e. The number of hydrogen-bond donors (Lipinski definition) is 5. The predicted octanol–water partition coefficient (Wildman–Crippen LogP) is 0.0340. The van der Waals surface area contributed by atoms with E-state index in [2.05, 4.69) is 26.1 Å². The van der Waals surface area contributed by atoms with Crippen LogP contribution >= 0.6 is 0 Å². The number of Topliss-reactive ketones (excluding diaryl/α,β-unsaturated/α-hetero) is 1. The van der Waals surface area contributed by atoms with Crippen molar-refractivity contribution in [2.24, 2.45) is 5.92 Å². The Hall–Kier alpha value is -3.60. The summed E-state index contributed by atoms with van der Waals surface area (Å²) in [7, 11) is 0. The number of esters is 1. The number of hydrogen-bond acceptors (Lipinski definition) is 8. The quantitative estimate of drug-likeness (QED) is 0.0580. The molecule has 0 bridgehead atoms. The summed E-state index contributed by atoms with van der Waals surface area (Å²) in [4.78, 5) is 76.1. The molecule has 13 nitrogen and oxygen atoms in total. The lowest BCUT2D eigenvalue weighted by atomic mass is 10.0. The van der Waals surface area contributed by atoms with Crippen molar-refractivity contribution in [2.75, 3.05) is 6.54 Å². The summed E-state index contributed by atoms with van der Waals surface area (Å²) < 4.78 is 5.20. The Morgan fingerprint density at radius 3 is 1.97 bits per heavy atom. The fourth-order valence-electron chi connectivity index (χ4n) is 3.28. The fourth-order valence-corrected chi connectivity index (χ4v) is 3.28. The topological polar surface area (TPSA) is 198 Å². The number of carbonyl (C=O) groups excluding carboxylic acids is 6. The molecule has 0 radical (unpaired) electrons. The molecular weight excluding hydrogens is 484 g/mol. The SMILES string of the molecule is CC(=O)NCCCC[C@H](NC(=O)[C@@H](NC(C)=O)C(C)C)C(=O)N[C@@H](CCC(=O)C=[N+]=N)C(=O)OC(C)C. The fraction of sp³-hybridized carbons (Fsp3) is 0.708. The zero-order valence-electron chi connectivity index (χ0n) is 22.5. The van der Waals surface area contributed by atoms with Crippen LogP contribution in [0.4, 0.5) is 0 Å². The molecule has 0 aliphatic rings. The number of rotatable bonds is 17. The van der Waals surface area contributed by atoms with Crippen LogP contribution in [0, 0.1) is 11.4 Å². The molecule has 0 aromatic carbocycles. The van der Waals surface area contributed by atoms with Crippen LogP contribution in [0.5, 0.6) is 0 Å². The number of unbranched alkanes of at least 4 members (excludes halogenated alkanes) is 1. The zero-order valence-corrected chi connectivity index (χ0v) is 22.5. The van der Waals surface area contributed by atoms with Gasteiger partial charge in [0, 0.05) is 26.8 Å². The predicted molar refractivity (Wildman–Crippen MR) is 133 cm³/mol. The average molecular weight is 526 g/mol. The van der Waals surface area contributed by atoms with Gasteiger partial charge in [-0.15, -0.1) is 0 Å². The first-order chi connectivity index (χ1) is 17.3. The van der Waals surface area contributed by atoms with Crippen molar-refractivity contribution in [1.82, 2.24) is 21.3 Å². The van der Waals surface area contributed by atoms with Gasteiger partial charge >= 0.3 is 12.2 Å². The van der Waals surface area contributed by atoms with Gasteiger partial charge in [-0.2, -0.15) is 0 Å². The minimum atomic E-state index is -1.17. The maximum Gasteiger partial charge on any atom is 0.372 e. The van der Waals surface area contributed by atoms with Gasteiger partial charge in [0.25, 0.3) is 0 Å². The molecule has 0 rings (SSSR count). The zero-order chi connectivity index (χ0) is 28.5. The van der Waals surface area contributed by atoms with Crippen molar-refractivity contribution in [3.8, 4) is 0 Å². The molecule has 4 amide bonds. The van der Waals surface area contributed by atoms with Crippen LogP contribution in [-0.4, -0.2) is 77.2 Å². The Balaban J connectivity index is 5.67. The molecule has 208 valence electrons. The van der Waals surface area contributed by atoms with Crippen LogP contribution in [0.1, 0.15) is 73.6 Å². The molecule has 0 saturated carbocycles. The molecule has 13 heteroatoms. The Bertz CT molecular complexity index is 868. The van der Waals surface area contributed by atoms with E-state index in [9.17, 15) is 28.8 Å². The average Bonchev–Trinajstić information content (AvgIpc) is 2.77. The highest BCUT2D eigenvalue weighted by Gasteiger charge is 2.31. The monoisotopic (exact) mass is 525 g/mol. The number of nitrogens with zero attached hydrogens (tertiary/aromatic N) is 1. The van der Waals surface area contributed by atoms with E-state index < -0.39 is 53.7 Å². The third kappa shape index (κ3) is 15.2. The van der Waals surface area contributed by atoms with Crippen molar-refractivity contribution in [1.29, 1.82) is 5.53 Å². The summed E-state index contributed by atoms with van der Waals surface area (Å²) in [5, 5.41) is 10.4. The largest absolute Gasteiger partial charge is 0.461 e. The highest BCUT2D eigenvalue weighted by molar-refractivity contribution is 6.25. The van der Waals surface area contributed by atoms with E-state index >= 15 is 0 Å². The Morgan fingerprint density at radius 1 is 0.838 bits per heavy atom. The summed E-state index contributed by atoms with van der Waals surface area (Å²) in [5.74, 6) is -3.30. The van der Waals surface area contributed by atoms with Gasteiger partial charge in [0.05, 0.1) is 16.4 Å². The molecule has 0 aliphatic carbocycles. The van der Waals surface area contributed by atoms with E-state index in [1.807, 2.05) is 0 Å². The third-order valence-corrected chi connectivity index (χ3v) is 5.08. The molecule has 0 saturated heterocycles. The number of nitrogens with one attached hydrogen (secondary N) is 5. The van der Waals surface area contributed by atoms with Crippen molar-refractivity contribution >= 4 is 41.6 Å². The second-order valence-electron chi connectivity index (χ2n) is 9.27. The number of ketones is 1. The van der Waals surface area contributed by atoms with E-state index in [-0.39, 0.29) is 31.1 Å². The van der Waals surface area contributed by atoms with Gasteiger partial charge in [-0.3, -0.25) is 24.0 Å². The molecule has 0 aromatic heterocycles. The lowest BCUT2D eigenvalue weighted by molar-refractivity contribution is -0.152. The minimum absolute atomic E-state index is 0.0914. The van der Waals surface area contributed by atoms with Crippen molar-refractivity contribution in [3.63, 3.8) is 0 Å². The van der Waals surface area contributed by atoms with E-state index in [1.54, 1.807) is 27.7 Å². The highest BCUT2D eigenvalue weighted by atomic mass is 16.5. The summed E-state index contributed by atoms with van der Waals surface area (Å²) in [6, 6.07) is -3.11. The van der Waals surface area contributed by atoms with E-state index in [1.165, 1.54) is 13.8 Å². The van der Waals surface area contributed by atoms with Crippen LogP contribution in [0.2, 0.25) is 0 Å². The number of amides is 4. The van der Waals surface area contributed by atoms with Gasteiger partial charge in [0.15, 0.2) is 0 Å². The van der Waals surface area contributed by atoms with Crippen LogP contribution in [-0.2, 0) is 33.5 Å². The van der Waals surface area contributed by atoms with Gasteiger partial charge in [0.2, 0.25) is 29.4 Å². The summed E-state index contributed by atoms with van der Waals surface area (Å²) >= 11 is 0. The van der Waals surface area contributed by atoms with Gasteiger partial charge in [-0.1, -0.05) is 13.8 Å². The lowest BCUT2D eigenvalue weighted by Gasteiger charge is -2.26. The van der Waals surface area contributed by atoms with Crippen LogP contribution in [0.3, 0.4) is 0 Å². The first-order valence-corrected chi connectivity index (χ1v) is 12.3. The van der Waals surface area contributed by atoms with Crippen LogP contribution in [0.15, 0.2) is 0 Å². The van der Waals surface area contributed by atoms with Crippen molar-refractivity contribution in [3.05, 3.63) is 0 Å². The molecule has 3 atom stereocenters. The van der Waals surface area contributed by atoms with E-state index in [0.717, 1.165) is 6.21 Å². The minimum Gasteiger partial charge on any atom is -0.461 e. The van der Waals surface area contributed by atoms with Crippen molar-refractivity contribution in [2.45, 2.75) is 97.9 Å². The molecule has 37 heavy (non-hydrogen) atoms. The molecule has 0 aliphatic heterocycles. The first kappa shape index (κ1) is 33.4. The maximum absolute atomic E-state index is 13.2. The van der Waals surface area contributed by atoms with Gasteiger partial charge in [-0.25, -0.2) is 4.79 Å². The second kappa shape index (κ2) is 17.8. The number of carbonyl (C=O) groups is 6. The standard InChI is InChI=1S/C24H40N6O7/c1-14(2)21(28-17(6)32)23(35)29-19(9-7-8-12-26-16(5)31)22(34)30-20(24(36)37-15(3)4)11-10-18(33)13-27-25/h13-15,19-21,25H,7-12H2,1-6H3,(H3-,26,28,29,30,31,32,34,35)/p+1/t19-,20-,21-/m0/s1. The Labute approximate surface area is 217 Å². The molecular formula is C24H41N6O7+. The summed E-state index contributed by atoms with van der Waals surface area (Å²) in [6.45, 7) is 9.84. The molecule has 0 aromatic rings. The van der Waals surface area contributed by atoms with Crippen molar-refractivity contribution < 1.29 is 38.3 Å². The van der Waals surface area contributed by atoms with Gasteiger partial charge in [-0.05, 0) is 45.4 Å². The highest BCUT2D eigenvalue weighted by Crippen LogP contribution is 2.09. The number of ether oxygens (including phenoxy) is 1. The van der Waals surface area contributed by atoms with E-state index in [4.69, 9.17) is 10.3 Å². The molecule has 5 N–H and O–H groups in total. The molecule has 0 heterocycles.